The summed E-state index contributed by atoms with van der Waals surface area (Å²) < 4.78 is 0. The Balaban J connectivity index is 2.10. The Morgan fingerprint density at radius 3 is 2.14 bits per heavy atom. The van der Waals surface area contributed by atoms with Crippen molar-refractivity contribution in [1.29, 1.82) is 0 Å². The van der Waals surface area contributed by atoms with Crippen molar-refractivity contribution in [2.75, 3.05) is 0 Å². The van der Waals surface area contributed by atoms with Gasteiger partial charge >= 0.3 is 0 Å². The molecule has 0 unspecified atom stereocenters. The predicted octanol–water partition coefficient (Wildman–Crippen LogP) is 8.30. The van der Waals surface area contributed by atoms with Gasteiger partial charge in [-0.15, -0.1) is 12.6 Å². The summed E-state index contributed by atoms with van der Waals surface area (Å²) in [5, 5.41) is 0. The monoisotopic (exact) mass is 400 g/mol. The third kappa shape index (κ3) is 4.89. The van der Waals surface area contributed by atoms with Gasteiger partial charge in [-0.25, -0.2) is 0 Å². The molecule has 0 nitrogen and oxygen atoms in total. The first kappa shape index (κ1) is 20.3. The fourth-order valence-electron chi connectivity index (χ4n) is 3.04. The number of allylic oxidation sites excluding steroid dienone is 4. The van der Waals surface area contributed by atoms with Gasteiger partial charge in [0.2, 0.25) is 0 Å². The van der Waals surface area contributed by atoms with Crippen LogP contribution in [0.4, 0.5) is 0 Å². The Morgan fingerprint density at radius 2 is 1.54 bits per heavy atom. The van der Waals surface area contributed by atoms with Gasteiger partial charge in [-0.2, -0.15) is 0 Å². The molecule has 0 fully saturated rings. The molecule has 0 N–H and O–H groups in total. The SMILES string of the molecule is C=C(C)/C=C(Sc1c(S)cccc1-c1ccccc1)\C(=C/C)c1ccccc1. The number of rotatable bonds is 6. The summed E-state index contributed by atoms with van der Waals surface area (Å²) >= 11 is 6.53. The van der Waals surface area contributed by atoms with Crippen LogP contribution in [0.15, 0.2) is 118 Å². The second kappa shape index (κ2) is 9.68. The largest absolute Gasteiger partial charge is 0.142 e. The maximum absolute atomic E-state index is 4.78. The van der Waals surface area contributed by atoms with Gasteiger partial charge in [0.25, 0.3) is 0 Å². The molecule has 0 aliphatic carbocycles. The van der Waals surface area contributed by atoms with Gasteiger partial charge in [0, 0.05) is 14.7 Å². The summed E-state index contributed by atoms with van der Waals surface area (Å²) in [5.74, 6) is 0. The van der Waals surface area contributed by atoms with Gasteiger partial charge in [0.15, 0.2) is 0 Å². The van der Waals surface area contributed by atoms with Crippen LogP contribution >= 0.6 is 24.4 Å². The molecule has 3 rings (SSSR count). The molecule has 0 aromatic heterocycles. The van der Waals surface area contributed by atoms with Gasteiger partial charge < -0.3 is 0 Å². The van der Waals surface area contributed by atoms with Crippen molar-refractivity contribution in [2.24, 2.45) is 0 Å². The molecule has 0 radical (unpaired) electrons. The van der Waals surface area contributed by atoms with Crippen LogP contribution in [-0.4, -0.2) is 0 Å². The predicted molar refractivity (Wildman–Crippen MR) is 128 cm³/mol. The smallest absolute Gasteiger partial charge is 0.0334 e. The van der Waals surface area contributed by atoms with Crippen LogP contribution in [0.1, 0.15) is 19.4 Å². The second-order valence-electron chi connectivity index (χ2n) is 6.55. The third-order valence-corrected chi connectivity index (χ3v) is 6.03. The maximum atomic E-state index is 4.78. The van der Waals surface area contributed by atoms with Gasteiger partial charge in [-0.1, -0.05) is 103 Å². The van der Waals surface area contributed by atoms with Gasteiger partial charge in [0.05, 0.1) is 0 Å². The minimum absolute atomic E-state index is 0.975. The molecule has 3 aromatic rings. The van der Waals surface area contributed by atoms with E-state index in [4.69, 9.17) is 12.6 Å². The highest BCUT2D eigenvalue weighted by Gasteiger charge is 2.15. The minimum atomic E-state index is 0.975. The molecule has 2 heteroatoms. The van der Waals surface area contributed by atoms with Crippen molar-refractivity contribution in [2.45, 2.75) is 23.6 Å². The fourth-order valence-corrected chi connectivity index (χ4v) is 4.68. The molecular weight excluding hydrogens is 376 g/mol. The van der Waals surface area contributed by atoms with Crippen molar-refractivity contribution in [3.63, 3.8) is 0 Å². The zero-order chi connectivity index (χ0) is 19.9. The van der Waals surface area contributed by atoms with Crippen LogP contribution in [0, 0.1) is 0 Å². The molecule has 0 amide bonds. The van der Waals surface area contributed by atoms with E-state index in [9.17, 15) is 0 Å². The first-order valence-corrected chi connectivity index (χ1v) is 10.5. The molecule has 3 aromatic carbocycles. The van der Waals surface area contributed by atoms with E-state index in [0.29, 0.717) is 0 Å². The van der Waals surface area contributed by atoms with Crippen LogP contribution in [0.5, 0.6) is 0 Å². The molecule has 0 aliphatic heterocycles. The molecule has 0 saturated carbocycles. The lowest BCUT2D eigenvalue weighted by atomic mass is 10.0. The van der Waals surface area contributed by atoms with Crippen molar-refractivity contribution < 1.29 is 0 Å². The molecule has 0 aliphatic rings. The average molecular weight is 401 g/mol. The van der Waals surface area contributed by atoms with E-state index >= 15 is 0 Å². The lowest BCUT2D eigenvalue weighted by molar-refractivity contribution is 1.26. The second-order valence-corrected chi connectivity index (χ2v) is 8.08. The number of hydrogen-bond acceptors (Lipinski definition) is 2. The van der Waals surface area contributed by atoms with E-state index in [2.05, 4.69) is 86.3 Å². The van der Waals surface area contributed by atoms with Crippen molar-refractivity contribution in [1.82, 2.24) is 0 Å². The molecule has 140 valence electrons. The third-order valence-electron chi connectivity index (χ3n) is 4.31. The molecule has 28 heavy (non-hydrogen) atoms. The van der Waals surface area contributed by atoms with Crippen molar-refractivity contribution in [3.8, 4) is 11.1 Å². The summed E-state index contributed by atoms with van der Waals surface area (Å²) in [6.07, 6.45) is 4.32. The van der Waals surface area contributed by atoms with E-state index in [1.165, 1.54) is 27.2 Å². The highest BCUT2D eigenvalue weighted by Crippen LogP contribution is 2.44. The first-order valence-electron chi connectivity index (χ1n) is 9.24. The van der Waals surface area contributed by atoms with Crippen LogP contribution in [-0.2, 0) is 0 Å². The number of benzene rings is 3. The summed E-state index contributed by atoms with van der Waals surface area (Å²) in [6.45, 7) is 8.23. The Hall–Kier alpha value is -2.42. The Morgan fingerprint density at radius 1 is 0.893 bits per heavy atom. The standard InChI is InChI=1S/C26H24S2/c1-4-22(20-12-7-5-8-13-20)25(18-19(2)3)28-26-23(16-11-17-24(26)27)21-14-9-6-10-15-21/h4-18,27H,2H2,1,3H3/b22-4-,25-18+. The molecule has 0 atom stereocenters. The average Bonchev–Trinajstić information content (AvgIpc) is 2.71. The van der Waals surface area contributed by atoms with E-state index in [-0.39, 0.29) is 0 Å². The van der Waals surface area contributed by atoms with Gasteiger partial charge in [0.1, 0.15) is 0 Å². The Bertz CT molecular complexity index is 1010. The summed E-state index contributed by atoms with van der Waals surface area (Å²) in [5.41, 5.74) is 5.80. The van der Waals surface area contributed by atoms with Gasteiger partial charge in [-0.05, 0) is 48.3 Å². The highest BCUT2D eigenvalue weighted by molar-refractivity contribution is 8.04. The lowest BCUT2D eigenvalue weighted by Crippen LogP contribution is -1.91. The highest BCUT2D eigenvalue weighted by atomic mass is 32.2. The summed E-state index contributed by atoms with van der Waals surface area (Å²) in [7, 11) is 0. The zero-order valence-electron chi connectivity index (χ0n) is 16.2. The van der Waals surface area contributed by atoms with Crippen LogP contribution in [0.25, 0.3) is 16.7 Å². The summed E-state index contributed by atoms with van der Waals surface area (Å²) in [6, 6.07) is 27.2. The lowest BCUT2D eigenvalue weighted by Gasteiger charge is -2.17. The normalized spacial score (nSPS) is 12.1. The molecule has 0 bridgehead atoms. The van der Waals surface area contributed by atoms with Crippen molar-refractivity contribution in [3.05, 3.63) is 114 Å². The number of hydrogen-bond donors (Lipinski definition) is 1. The summed E-state index contributed by atoms with van der Waals surface area (Å²) in [4.78, 5) is 3.29. The number of thioether (sulfide) groups is 1. The minimum Gasteiger partial charge on any atom is -0.142 e. The quantitative estimate of drug-likeness (QED) is 0.247. The van der Waals surface area contributed by atoms with Crippen molar-refractivity contribution >= 4 is 30.0 Å². The van der Waals surface area contributed by atoms with E-state index in [1.807, 2.05) is 25.1 Å². The first-order chi connectivity index (χ1) is 13.6. The van der Waals surface area contributed by atoms with E-state index in [1.54, 1.807) is 11.8 Å². The van der Waals surface area contributed by atoms with Crippen LogP contribution in [0.2, 0.25) is 0 Å². The van der Waals surface area contributed by atoms with Gasteiger partial charge in [-0.3, -0.25) is 0 Å². The van der Waals surface area contributed by atoms with Crippen LogP contribution in [0.3, 0.4) is 0 Å². The topological polar surface area (TPSA) is 0 Å². The van der Waals surface area contributed by atoms with Crippen LogP contribution < -0.4 is 0 Å². The Kier molecular flexibility index (Phi) is 7.02. The fraction of sp³-hybridized carbons (Fsp3) is 0.0769. The molecular formula is C26H24S2. The molecule has 0 saturated heterocycles. The zero-order valence-corrected chi connectivity index (χ0v) is 17.9. The van der Waals surface area contributed by atoms with E-state index < -0.39 is 0 Å². The molecule has 0 spiro atoms. The van der Waals surface area contributed by atoms with E-state index in [0.717, 1.165) is 15.4 Å². The number of thiol groups is 1. The molecule has 0 heterocycles. The maximum Gasteiger partial charge on any atom is 0.0334 e. The Labute approximate surface area is 178 Å².